The number of aryl methyl sites for hydroxylation is 1. The van der Waals surface area contributed by atoms with E-state index in [0.717, 1.165) is 50.4 Å². The molecule has 2 aliphatic heterocycles. The van der Waals surface area contributed by atoms with Crippen molar-refractivity contribution in [2.45, 2.75) is 44.9 Å². The molecule has 2 fully saturated rings. The molecule has 5 rings (SSSR count). The predicted molar refractivity (Wildman–Crippen MR) is 132 cm³/mol. The largest absolute Gasteiger partial charge is 0.378 e. The van der Waals surface area contributed by atoms with E-state index >= 15 is 0 Å². The average molecular weight is 449 g/mol. The Labute approximate surface area is 197 Å². The summed E-state index contributed by atoms with van der Waals surface area (Å²) in [5.41, 5.74) is 5.80. The van der Waals surface area contributed by atoms with Crippen LogP contribution in [0.1, 0.15) is 54.0 Å². The number of pyridine rings is 2. The van der Waals surface area contributed by atoms with E-state index in [-0.39, 0.29) is 6.04 Å². The fraction of sp³-hybridized carbons (Fsp3) is 0.538. The number of methoxy groups -OCH3 is 1. The molecule has 0 radical (unpaired) electrons. The van der Waals surface area contributed by atoms with Gasteiger partial charge in [-0.05, 0) is 64.0 Å². The number of ether oxygens (including phenoxy) is 1. The number of imidazole rings is 1. The van der Waals surface area contributed by atoms with E-state index in [0.29, 0.717) is 12.6 Å². The highest BCUT2D eigenvalue weighted by atomic mass is 16.5. The second-order valence-electron chi connectivity index (χ2n) is 9.58. The third-order valence-electron chi connectivity index (χ3n) is 7.48. The molecule has 5 heterocycles. The molecule has 2 aliphatic rings. The second kappa shape index (κ2) is 9.41. The quantitative estimate of drug-likeness (QED) is 0.591. The third kappa shape index (κ3) is 4.14. The van der Waals surface area contributed by atoms with Crippen molar-refractivity contribution in [3.8, 4) is 0 Å². The van der Waals surface area contributed by atoms with Gasteiger partial charge in [-0.1, -0.05) is 12.1 Å². The van der Waals surface area contributed by atoms with Crippen molar-refractivity contribution < 1.29 is 4.74 Å². The first-order chi connectivity index (χ1) is 16.1. The number of likely N-dealkylation sites (tertiary alicyclic amines) is 1. The lowest BCUT2D eigenvalue weighted by Gasteiger charge is -2.39. The van der Waals surface area contributed by atoms with Crippen LogP contribution < -0.4 is 4.90 Å². The van der Waals surface area contributed by atoms with E-state index in [1.54, 1.807) is 7.11 Å². The molecule has 0 aliphatic carbocycles. The molecule has 176 valence electrons. The normalized spacial score (nSPS) is 22.8. The van der Waals surface area contributed by atoms with E-state index in [2.05, 4.69) is 64.4 Å². The Morgan fingerprint density at radius 1 is 0.970 bits per heavy atom. The average Bonchev–Trinajstić information content (AvgIpc) is 3.19. The molecule has 0 spiro atoms. The number of aromatic nitrogens is 3. The third-order valence-corrected chi connectivity index (χ3v) is 7.48. The molecule has 2 atom stereocenters. The van der Waals surface area contributed by atoms with E-state index in [4.69, 9.17) is 14.7 Å². The zero-order valence-electron chi connectivity index (χ0n) is 20.4. The van der Waals surface area contributed by atoms with Gasteiger partial charge in [0.1, 0.15) is 11.5 Å². The molecular formula is C26H36N6O. The molecule has 7 nitrogen and oxygen atoms in total. The van der Waals surface area contributed by atoms with E-state index < -0.39 is 0 Å². The minimum atomic E-state index is 0.246. The first-order valence-electron chi connectivity index (χ1n) is 12.1. The van der Waals surface area contributed by atoms with Crippen molar-refractivity contribution >= 4 is 11.5 Å². The van der Waals surface area contributed by atoms with E-state index in [1.165, 1.54) is 29.2 Å². The van der Waals surface area contributed by atoms with Crippen molar-refractivity contribution in [3.63, 3.8) is 0 Å². The number of hydrogen-bond acceptors (Lipinski definition) is 6. The van der Waals surface area contributed by atoms with Crippen molar-refractivity contribution in [1.82, 2.24) is 24.2 Å². The Morgan fingerprint density at radius 2 is 1.73 bits per heavy atom. The summed E-state index contributed by atoms with van der Waals surface area (Å²) < 4.78 is 8.07. The summed E-state index contributed by atoms with van der Waals surface area (Å²) in [4.78, 5) is 17.3. The van der Waals surface area contributed by atoms with Crippen LogP contribution in [0.2, 0.25) is 0 Å². The van der Waals surface area contributed by atoms with Crippen molar-refractivity contribution in [2.24, 2.45) is 0 Å². The minimum Gasteiger partial charge on any atom is -0.378 e. The lowest BCUT2D eigenvalue weighted by atomic mass is 9.90. The molecule has 0 amide bonds. The van der Waals surface area contributed by atoms with Crippen molar-refractivity contribution in [2.75, 3.05) is 52.3 Å². The van der Waals surface area contributed by atoms with Gasteiger partial charge in [0, 0.05) is 39.5 Å². The van der Waals surface area contributed by atoms with Gasteiger partial charge in [-0.25, -0.2) is 4.98 Å². The Morgan fingerprint density at radius 3 is 2.45 bits per heavy atom. The fourth-order valence-electron chi connectivity index (χ4n) is 5.61. The molecule has 0 bridgehead atoms. The molecule has 3 aromatic rings. The zero-order chi connectivity index (χ0) is 22.9. The predicted octanol–water partition coefficient (Wildman–Crippen LogP) is 3.83. The Hall–Kier alpha value is -2.48. The summed E-state index contributed by atoms with van der Waals surface area (Å²) in [7, 11) is 6.22. The first-order valence-corrected chi connectivity index (χ1v) is 12.1. The Kier molecular flexibility index (Phi) is 6.36. The summed E-state index contributed by atoms with van der Waals surface area (Å²) in [5.74, 6) is 1.22. The molecule has 33 heavy (non-hydrogen) atoms. The molecule has 0 N–H and O–H groups in total. The van der Waals surface area contributed by atoms with Gasteiger partial charge in [-0.3, -0.25) is 14.3 Å². The minimum absolute atomic E-state index is 0.246. The van der Waals surface area contributed by atoms with Gasteiger partial charge in [0.05, 0.1) is 35.8 Å². The van der Waals surface area contributed by atoms with Crippen LogP contribution in [-0.4, -0.2) is 71.6 Å². The molecule has 2 saturated heterocycles. The summed E-state index contributed by atoms with van der Waals surface area (Å²) in [6.45, 7) is 6.93. The Bertz CT molecular complexity index is 1100. The number of piperidine rings is 1. The second-order valence-corrected chi connectivity index (χ2v) is 9.58. The van der Waals surface area contributed by atoms with Gasteiger partial charge in [0.25, 0.3) is 0 Å². The molecule has 3 aromatic heterocycles. The van der Waals surface area contributed by atoms with Crippen molar-refractivity contribution in [3.05, 3.63) is 59.2 Å². The number of rotatable bonds is 5. The van der Waals surface area contributed by atoms with Gasteiger partial charge in [-0.15, -0.1) is 0 Å². The van der Waals surface area contributed by atoms with Crippen LogP contribution in [0.3, 0.4) is 0 Å². The lowest BCUT2D eigenvalue weighted by molar-refractivity contribution is 0.106. The van der Waals surface area contributed by atoms with Crippen molar-refractivity contribution in [1.29, 1.82) is 0 Å². The number of piperazine rings is 1. The summed E-state index contributed by atoms with van der Waals surface area (Å²) in [5, 5.41) is 0. The van der Waals surface area contributed by atoms with Crippen LogP contribution in [0.4, 0.5) is 5.82 Å². The lowest BCUT2D eigenvalue weighted by Crippen LogP contribution is -2.45. The fourth-order valence-corrected chi connectivity index (χ4v) is 5.61. The molecular weight excluding hydrogens is 412 g/mol. The first kappa shape index (κ1) is 22.3. The zero-order valence-corrected chi connectivity index (χ0v) is 20.4. The number of hydrogen-bond donors (Lipinski definition) is 0. The van der Waals surface area contributed by atoms with Gasteiger partial charge in [-0.2, -0.15) is 0 Å². The van der Waals surface area contributed by atoms with Crippen LogP contribution in [0.25, 0.3) is 5.65 Å². The van der Waals surface area contributed by atoms with Crippen LogP contribution in [0, 0.1) is 6.92 Å². The molecule has 7 heteroatoms. The number of nitrogens with zero attached hydrogens (tertiary/aromatic N) is 6. The van der Waals surface area contributed by atoms with Crippen LogP contribution in [0.15, 0.2) is 36.5 Å². The number of fused-ring (bicyclic) bond motifs is 1. The standard InChI is InChI=1S/C26H36N6O/c1-19-8-7-13-27-25(19)20-9-5-10-21(30(20)3)26-22(18-33-4)32-23(28-26)11-6-12-24(32)31-16-14-29(2)15-17-31/h6-8,11-13,20-21H,5,9-10,14-18H2,1-4H3/t20-,21+/m1/s1. The topological polar surface area (TPSA) is 49.1 Å². The maximum absolute atomic E-state index is 5.73. The highest BCUT2D eigenvalue weighted by Crippen LogP contribution is 2.42. The highest BCUT2D eigenvalue weighted by molar-refractivity contribution is 5.55. The van der Waals surface area contributed by atoms with Crippen LogP contribution in [0.5, 0.6) is 0 Å². The number of anilines is 1. The Balaban J connectivity index is 1.55. The monoisotopic (exact) mass is 448 g/mol. The van der Waals surface area contributed by atoms with Gasteiger partial charge in [0.2, 0.25) is 0 Å². The maximum Gasteiger partial charge on any atom is 0.138 e. The summed E-state index contributed by atoms with van der Waals surface area (Å²) >= 11 is 0. The smallest absolute Gasteiger partial charge is 0.138 e. The maximum atomic E-state index is 5.73. The van der Waals surface area contributed by atoms with E-state index in [9.17, 15) is 0 Å². The van der Waals surface area contributed by atoms with Gasteiger partial charge in [0.15, 0.2) is 0 Å². The van der Waals surface area contributed by atoms with Crippen LogP contribution >= 0.6 is 0 Å². The summed E-state index contributed by atoms with van der Waals surface area (Å²) in [6, 6.07) is 11.2. The molecule has 0 aromatic carbocycles. The molecule has 0 saturated carbocycles. The SMILES string of the molecule is COCc1c([C@@H]2CCC[C@H](c3ncccc3C)N2C)nc2cccc(N3CCN(C)CC3)n12. The van der Waals surface area contributed by atoms with Gasteiger partial charge < -0.3 is 14.5 Å². The summed E-state index contributed by atoms with van der Waals surface area (Å²) in [6.07, 6.45) is 5.32. The highest BCUT2D eigenvalue weighted by Gasteiger charge is 2.35. The van der Waals surface area contributed by atoms with Gasteiger partial charge >= 0.3 is 0 Å². The van der Waals surface area contributed by atoms with E-state index in [1.807, 2.05) is 12.3 Å². The number of likely N-dealkylation sites (N-methyl/N-ethyl adjacent to an activating group) is 1. The molecule has 0 unspecified atom stereocenters. The van der Waals surface area contributed by atoms with Crippen LogP contribution in [-0.2, 0) is 11.3 Å².